The molecule has 0 unspecified atom stereocenters. The molecule has 3 aromatic carbocycles. The molecule has 0 bridgehead atoms. The van der Waals surface area contributed by atoms with Gasteiger partial charge in [0.05, 0.1) is 13.6 Å². The molecular weight excluding hydrogens is 534 g/mol. The van der Waals surface area contributed by atoms with Crippen molar-refractivity contribution in [3.05, 3.63) is 97.0 Å². The first kappa shape index (κ1) is 22.2. The first-order chi connectivity index (χ1) is 14.5. The number of ether oxygens (including phenoxy) is 1. The van der Waals surface area contributed by atoms with Gasteiger partial charge in [-0.1, -0.05) is 53.5 Å². The Bertz CT molecular complexity index is 1140. The van der Waals surface area contributed by atoms with E-state index in [9.17, 15) is 10.1 Å². The number of halogens is 3. The number of nitrogens with one attached hydrogen (secondary N) is 1. The van der Waals surface area contributed by atoms with E-state index in [1.807, 2.05) is 36.4 Å². The maximum atomic E-state index is 12.4. The Morgan fingerprint density at radius 3 is 2.50 bits per heavy atom. The molecule has 3 aromatic rings. The fourth-order valence-electron chi connectivity index (χ4n) is 2.55. The summed E-state index contributed by atoms with van der Waals surface area (Å²) in [5.74, 6) is 0.227. The summed E-state index contributed by atoms with van der Waals surface area (Å²) in [7, 11) is 0. The van der Waals surface area contributed by atoms with Crippen LogP contribution in [0.15, 0.2) is 72.3 Å². The van der Waals surface area contributed by atoms with Gasteiger partial charge in [0, 0.05) is 5.69 Å². The normalized spacial score (nSPS) is 10.9. The Kier molecular flexibility index (Phi) is 7.75. The molecule has 0 aliphatic heterocycles. The average Bonchev–Trinajstić information content (AvgIpc) is 2.74. The maximum Gasteiger partial charge on any atom is 0.266 e. The molecule has 30 heavy (non-hydrogen) atoms. The zero-order chi connectivity index (χ0) is 21.5. The van der Waals surface area contributed by atoms with Crippen LogP contribution in [-0.4, -0.2) is 5.91 Å². The molecule has 7 heteroatoms. The molecule has 150 valence electrons. The van der Waals surface area contributed by atoms with Crippen LogP contribution in [0.3, 0.4) is 0 Å². The summed E-state index contributed by atoms with van der Waals surface area (Å²) in [6, 6.07) is 21.7. The van der Waals surface area contributed by atoms with Crippen LogP contribution >= 0.6 is 45.8 Å². The molecule has 0 spiro atoms. The quantitative estimate of drug-likeness (QED) is 0.211. The van der Waals surface area contributed by atoms with Gasteiger partial charge in [-0.3, -0.25) is 4.79 Å². The summed E-state index contributed by atoms with van der Waals surface area (Å²) >= 11 is 14.1. The highest BCUT2D eigenvalue weighted by atomic mass is 127. The molecule has 0 aliphatic rings. The fraction of sp³-hybridized carbons (Fsp3) is 0.0435. The Balaban J connectivity index is 1.70. The van der Waals surface area contributed by atoms with Gasteiger partial charge in [-0.2, -0.15) is 5.26 Å². The van der Waals surface area contributed by atoms with Gasteiger partial charge < -0.3 is 10.1 Å². The minimum atomic E-state index is -0.460. The van der Waals surface area contributed by atoms with Gasteiger partial charge in [0.25, 0.3) is 5.91 Å². The number of rotatable bonds is 6. The van der Waals surface area contributed by atoms with Crippen molar-refractivity contribution >= 4 is 63.5 Å². The summed E-state index contributed by atoms with van der Waals surface area (Å²) in [5, 5.41) is 13.1. The predicted octanol–water partition coefficient (Wildman–Crippen LogP) is 6.72. The monoisotopic (exact) mass is 548 g/mol. The molecule has 0 aliphatic carbocycles. The van der Waals surface area contributed by atoms with Crippen LogP contribution in [0, 0.1) is 14.9 Å². The lowest BCUT2D eigenvalue weighted by atomic mass is 10.1. The molecule has 4 nitrogen and oxygen atoms in total. The summed E-state index contributed by atoms with van der Waals surface area (Å²) in [4.78, 5) is 12.4. The second-order valence-corrected chi connectivity index (χ2v) is 8.19. The van der Waals surface area contributed by atoms with Crippen LogP contribution in [0.5, 0.6) is 5.75 Å². The lowest BCUT2D eigenvalue weighted by Crippen LogP contribution is -2.13. The molecule has 0 heterocycles. The first-order valence-corrected chi connectivity index (χ1v) is 10.6. The summed E-state index contributed by atoms with van der Waals surface area (Å²) in [6.07, 6.45) is 1.54. The van der Waals surface area contributed by atoms with Crippen LogP contribution in [0.1, 0.15) is 11.1 Å². The van der Waals surface area contributed by atoms with E-state index in [4.69, 9.17) is 27.9 Å². The number of nitrogens with zero attached hydrogens (tertiary/aromatic N) is 1. The second kappa shape index (κ2) is 10.5. The number of carbonyl (C=O) groups excluding carboxylic acids is 1. The highest BCUT2D eigenvalue weighted by Gasteiger charge is 2.10. The van der Waals surface area contributed by atoms with Gasteiger partial charge in [0.1, 0.15) is 24.0 Å². The minimum absolute atomic E-state index is 0.0131. The van der Waals surface area contributed by atoms with Crippen molar-refractivity contribution in [2.75, 3.05) is 5.32 Å². The Hall–Kier alpha value is -2.53. The molecule has 0 atom stereocenters. The van der Waals surface area contributed by atoms with Crippen molar-refractivity contribution in [3.8, 4) is 11.8 Å². The number of hydrogen-bond acceptors (Lipinski definition) is 3. The smallest absolute Gasteiger partial charge is 0.266 e. The number of amides is 1. The number of hydrogen-bond donors (Lipinski definition) is 1. The molecule has 0 radical (unpaired) electrons. The standard InChI is InChI=1S/C23H15Cl2IN2O2/c24-19-8-6-16(11-20(19)25)14-30-22-9-7-15(12-21(22)26)10-17(13-27)23(29)28-18-4-2-1-3-5-18/h1-12H,14H2,(H,28,29)/b17-10-. The number of nitriles is 1. The maximum absolute atomic E-state index is 12.4. The topological polar surface area (TPSA) is 62.1 Å². The minimum Gasteiger partial charge on any atom is -0.488 e. The van der Waals surface area contributed by atoms with Crippen molar-refractivity contribution in [2.24, 2.45) is 0 Å². The van der Waals surface area contributed by atoms with Gasteiger partial charge >= 0.3 is 0 Å². The number of carbonyl (C=O) groups is 1. The van der Waals surface area contributed by atoms with E-state index in [1.165, 1.54) is 0 Å². The third kappa shape index (κ3) is 5.99. The molecular formula is C23H15Cl2IN2O2. The van der Waals surface area contributed by atoms with Crippen molar-refractivity contribution in [3.63, 3.8) is 0 Å². The zero-order valence-corrected chi connectivity index (χ0v) is 19.2. The third-order valence-corrected chi connectivity index (χ3v) is 5.62. The zero-order valence-electron chi connectivity index (χ0n) is 15.5. The van der Waals surface area contributed by atoms with E-state index in [1.54, 1.807) is 42.5 Å². The number of para-hydroxylation sites is 1. The molecule has 0 saturated carbocycles. The fourth-order valence-corrected chi connectivity index (χ4v) is 3.57. The van der Waals surface area contributed by atoms with Crippen LogP contribution in [0.25, 0.3) is 6.08 Å². The van der Waals surface area contributed by atoms with Crippen LogP contribution in [-0.2, 0) is 11.4 Å². The molecule has 1 amide bonds. The third-order valence-electron chi connectivity index (χ3n) is 4.04. The number of anilines is 1. The molecule has 1 N–H and O–H groups in total. The van der Waals surface area contributed by atoms with Gasteiger partial charge in [0.2, 0.25) is 0 Å². The van der Waals surface area contributed by atoms with Gasteiger partial charge in [0.15, 0.2) is 0 Å². The van der Waals surface area contributed by atoms with E-state index >= 15 is 0 Å². The average molecular weight is 549 g/mol. The van der Waals surface area contributed by atoms with Gasteiger partial charge in [-0.25, -0.2) is 0 Å². The Morgan fingerprint density at radius 1 is 1.07 bits per heavy atom. The van der Waals surface area contributed by atoms with Crippen molar-refractivity contribution in [1.82, 2.24) is 0 Å². The molecule has 0 saturated heterocycles. The lowest BCUT2D eigenvalue weighted by molar-refractivity contribution is -0.112. The second-order valence-electron chi connectivity index (χ2n) is 6.22. The molecule has 0 fully saturated rings. The summed E-state index contributed by atoms with van der Waals surface area (Å²) < 4.78 is 6.71. The Morgan fingerprint density at radius 2 is 1.83 bits per heavy atom. The van der Waals surface area contributed by atoms with Gasteiger partial charge in [-0.05, 0) is 76.2 Å². The molecule has 0 aromatic heterocycles. The van der Waals surface area contributed by atoms with Crippen molar-refractivity contribution in [1.29, 1.82) is 5.26 Å². The summed E-state index contributed by atoms with van der Waals surface area (Å²) in [5.41, 5.74) is 2.26. The van der Waals surface area contributed by atoms with E-state index < -0.39 is 5.91 Å². The SMILES string of the molecule is N#C/C(=C/c1ccc(OCc2ccc(Cl)c(Cl)c2)c(I)c1)C(=O)Nc1ccccc1. The van der Waals surface area contributed by atoms with E-state index in [0.29, 0.717) is 28.1 Å². The van der Waals surface area contributed by atoms with E-state index in [0.717, 1.165) is 14.7 Å². The van der Waals surface area contributed by atoms with Gasteiger partial charge in [-0.15, -0.1) is 0 Å². The van der Waals surface area contributed by atoms with Crippen LogP contribution in [0.2, 0.25) is 10.0 Å². The molecule has 3 rings (SSSR count). The highest BCUT2D eigenvalue weighted by Crippen LogP contribution is 2.26. The summed E-state index contributed by atoms with van der Waals surface area (Å²) in [6.45, 7) is 0.338. The van der Waals surface area contributed by atoms with Crippen LogP contribution in [0.4, 0.5) is 5.69 Å². The largest absolute Gasteiger partial charge is 0.488 e. The Labute approximate surface area is 198 Å². The predicted molar refractivity (Wildman–Crippen MR) is 129 cm³/mol. The highest BCUT2D eigenvalue weighted by molar-refractivity contribution is 14.1. The van der Waals surface area contributed by atoms with E-state index in [-0.39, 0.29) is 5.57 Å². The first-order valence-electron chi connectivity index (χ1n) is 8.81. The van der Waals surface area contributed by atoms with Crippen molar-refractivity contribution in [2.45, 2.75) is 6.61 Å². The number of benzene rings is 3. The van der Waals surface area contributed by atoms with Crippen LogP contribution < -0.4 is 10.1 Å². The lowest BCUT2D eigenvalue weighted by Gasteiger charge is -2.10. The van der Waals surface area contributed by atoms with E-state index in [2.05, 4.69) is 27.9 Å². The van der Waals surface area contributed by atoms with Crippen molar-refractivity contribution < 1.29 is 9.53 Å².